The molecule has 0 aliphatic rings. The molecule has 1 aromatic rings. The maximum atomic E-state index is 12.8. The van der Waals surface area contributed by atoms with Crippen LogP contribution in [0.5, 0.6) is 0 Å². The average molecular weight is 154 g/mol. The highest BCUT2D eigenvalue weighted by Gasteiger charge is 1.98. The highest BCUT2D eigenvalue weighted by atomic mass is 19.1. The summed E-state index contributed by atoms with van der Waals surface area (Å²) in [5.41, 5.74) is 10.5. The lowest BCUT2D eigenvalue weighted by atomic mass is 10.3. The third-order valence-electron chi connectivity index (χ3n) is 1.15. The molecule has 4 heteroatoms. The number of hydrogen-bond donors (Lipinski definition) is 3. The van der Waals surface area contributed by atoms with E-state index in [1.165, 1.54) is 6.07 Å². The molecule has 0 fully saturated rings. The number of para-hydroxylation sites is 1. The van der Waals surface area contributed by atoms with E-state index in [0.29, 0.717) is 0 Å². The van der Waals surface area contributed by atoms with Crippen LogP contribution >= 0.6 is 0 Å². The van der Waals surface area contributed by atoms with Gasteiger partial charge in [0.25, 0.3) is 0 Å². The molecule has 0 unspecified atom stereocenters. The largest absolute Gasteiger partial charge is 0.343 e. The number of nitrogens with one attached hydrogen (secondary N) is 1. The van der Waals surface area contributed by atoms with Gasteiger partial charge in [-0.2, -0.15) is 0 Å². The smallest absolute Gasteiger partial charge is 0.291 e. The number of hydrogen-bond acceptors (Lipinski definition) is 0. The lowest BCUT2D eigenvalue weighted by molar-refractivity contribution is -0.359. The first-order valence-electron chi connectivity index (χ1n) is 3.09. The van der Waals surface area contributed by atoms with Crippen LogP contribution < -0.4 is 16.5 Å². The Hall–Kier alpha value is -1.58. The van der Waals surface area contributed by atoms with Crippen LogP contribution in [0.3, 0.4) is 0 Å². The van der Waals surface area contributed by atoms with Crippen LogP contribution in [0.25, 0.3) is 0 Å². The molecule has 11 heavy (non-hydrogen) atoms. The van der Waals surface area contributed by atoms with Crippen LogP contribution in [0.15, 0.2) is 24.3 Å². The number of halogens is 1. The Morgan fingerprint density at radius 3 is 2.45 bits per heavy atom. The van der Waals surface area contributed by atoms with Crippen molar-refractivity contribution in [3.8, 4) is 0 Å². The zero-order chi connectivity index (χ0) is 8.27. The van der Waals surface area contributed by atoms with Crippen LogP contribution in [0.4, 0.5) is 10.1 Å². The first-order chi connectivity index (χ1) is 5.20. The fraction of sp³-hybridized carbons (Fsp3) is 0. The standard InChI is InChI=1S/C7H8FN3/c8-5-3-1-2-4-6(5)11-7(9)10/h1-4H,(H4,9,10,11)/p+1. The highest BCUT2D eigenvalue weighted by molar-refractivity contribution is 5.70. The molecule has 0 aliphatic heterocycles. The summed E-state index contributed by atoms with van der Waals surface area (Å²) in [4.78, 5) is 2.47. The Balaban J connectivity index is 3.04. The van der Waals surface area contributed by atoms with E-state index in [1.54, 1.807) is 18.2 Å². The van der Waals surface area contributed by atoms with Crippen molar-refractivity contribution in [1.29, 1.82) is 0 Å². The fourth-order valence-electron chi connectivity index (χ4n) is 0.718. The average Bonchev–Trinajstić information content (AvgIpc) is 1.93. The summed E-state index contributed by atoms with van der Waals surface area (Å²) in [5, 5.41) is 0. The van der Waals surface area contributed by atoms with E-state index < -0.39 is 0 Å². The lowest BCUT2D eigenvalue weighted by Crippen LogP contribution is -2.72. The molecule has 0 bridgehead atoms. The Labute approximate surface area is 63.5 Å². The van der Waals surface area contributed by atoms with Crippen LogP contribution in [0.1, 0.15) is 0 Å². The molecule has 0 aliphatic carbocycles. The second-order valence-electron chi connectivity index (χ2n) is 2.06. The minimum Gasteiger partial charge on any atom is -0.291 e. The first-order valence-corrected chi connectivity index (χ1v) is 3.09. The molecule has 3 nitrogen and oxygen atoms in total. The summed E-state index contributed by atoms with van der Waals surface area (Å²) >= 11 is 0. The lowest BCUT2D eigenvalue weighted by Gasteiger charge is -1.92. The topological polar surface area (TPSA) is 66.0 Å². The van der Waals surface area contributed by atoms with E-state index in [9.17, 15) is 4.39 Å². The Morgan fingerprint density at radius 2 is 1.91 bits per heavy atom. The molecule has 0 aromatic heterocycles. The van der Waals surface area contributed by atoms with Gasteiger partial charge in [0.1, 0.15) is 5.69 Å². The SMILES string of the molecule is NC(N)=[NH+]c1ccccc1F. The van der Waals surface area contributed by atoms with E-state index in [0.717, 1.165) is 0 Å². The summed E-state index contributed by atoms with van der Waals surface area (Å²) in [5.74, 6) is -0.393. The molecule has 58 valence electrons. The molecule has 1 aromatic carbocycles. The van der Waals surface area contributed by atoms with E-state index in [-0.39, 0.29) is 17.5 Å². The van der Waals surface area contributed by atoms with Crippen molar-refractivity contribution in [1.82, 2.24) is 0 Å². The van der Waals surface area contributed by atoms with Crippen molar-refractivity contribution in [3.63, 3.8) is 0 Å². The summed E-state index contributed by atoms with van der Waals surface area (Å²) in [6.45, 7) is 0. The molecular weight excluding hydrogens is 145 g/mol. The molecule has 0 saturated heterocycles. The Kier molecular flexibility index (Phi) is 2.06. The minimum absolute atomic E-state index is 0.0184. The third-order valence-corrected chi connectivity index (χ3v) is 1.15. The molecule has 0 heterocycles. The molecule has 0 spiro atoms. The van der Waals surface area contributed by atoms with Gasteiger partial charge in [-0.25, -0.2) is 9.38 Å². The second kappa shape index (κ2) is 3.01. The summed E-state index contributed by atoms with van der Waals surface area (Å²) < 4.78 is 12.8. The number of nitrogens with two attached hydrogens (primary N) is 2. The van der Waals surface area contributed by atoms with Gasteiger partial charge in [0, 0.05) is 0 Å². The Morgan fingerprint density at radius 1 is 1.27 bits per heavy atom. The summed E-state index contributed by atoms with van der Waals surface area (Å²) in [6, 6.07) is 6.15. The molecule has 5 N–H and O–H groups in total. The van der Waals surface area contributed by atoms with Crippen LogP contribution in [-0.4, -0.2) is 5.96 Å². The molecule has 0 radical (unpaired) electrons. The van der Waals surface area contributed by atoms with Gasteiger partial charge >= 0.3 is 5.96 Å². The van der Waals surface area contributed by atoms with Gasteiger partial charge in [-0.05, 0) is 12.1 Å². The van der Waals surface area contributed by atoms with Gasteiger partial charge in [-0.1, -0.05) is 12.1 Å². The van der Waals surface area contributed by atoms with E-state index in [1.807, 2.05) is 0 Å². The van der Waals surface area contributed by atoms with Crippen molar-refractivity contribution < 1.29 is 9.38 Å². The number of guanidine groups is 1. The van der Waals surface area contributed by atoms with Gasteiger partial charge in [0.2, 0.25) is 0 Å². The zero-order valence-corrected chi connectivity index (χ0v) is 5.84. The van der Waals surface area contributed by atoms with Gasteiger partial charge in [-0.15, -0.1) is 0 Å². The predicted molar refractivity (Wildman–Crippen MR) is 40.4 cm³/mol. The van der Waals surface area contributed by atoms with Crippen LogP contribution in [0.2, 0.25) is 0 Å². The normalized spacial score (nSPS) is 9.18. The van der Waals surface area contributed by atoms with Crippen molar-refractivity contribution >= 4 is 11.6 Å². The molecule has 1 rings (SSSR count). The van der Waals surface area contributed by atoms with Crippen LogP contribution in [-0.2, 0) is 0 Å². The molecule has 0 saturated carbocycles. The fourth-order valence-corrected chi connectivity index (χ4v) is 0.718. The summed E-state index contributed by atoms with van der Waals surface area (Å²) in [7, 11) is 0. The van der Waals surface area contributed by atoms with Gasteiger partial charge < -0.3 is 0 Å². The van der Waals surface area contributed by atoms with Gasteiger partial charge in [0.05, 0.1) is 0 Å². The quantitative estimate of drug-likeness (QED) is 0.352. The first kappa shape index (κ1) is 7.53. The van der Waals surface area contributed by atoms with Crippen LogP contribution in [0, 0.1) is 5.82 Å². The summed E-state index contributed by atoms with van der Waals surface area (Å²) in [6.07, 6.45) is 0. The van der Waals surface area contributed by atoms with Crippen molar-refractivity contribution in [3.05, 3.63) is 30.1 Å². The van der Waals surface area contributed by atoms with Crippen molar-refractivity contribution in [2.75, 3.05) is 0 Å². The zero-order valence-electron chi connectivity index (χ0n) is 5.84. The van der Waals surface area contributed by atoms with Crippen molar-refractivity contribution in [2.24, 2.45) is 11.5 Å². The minimum atomic E-state index is -0.374. The highest BCUT2D eigenvalue weighted by Crippen LogP contribution is 2.04. The monoisotopic (exact) mass is 154 g/mol. The maximum absolute atomic E-state index is 12.8. The second-order valence-corrected chi connectivity index (χ2v) is 2.06. The van der Waals surface area contributed by atoms with E-state index >= 15 is 0 Å². The predicted octanol–water partition coefficient (Wildman–Crippen LogP) is -1.19. The van der Waals surface area contributed by atoms with Gasteiger partial charge in [-0.3, -0.25) is 11.5 Å². The van der Waals surface area contributed by atoms with E-state index in [2.05, 4.69) is 4.99 Å². The van der Waals surface area contributed by atoms with Gasteiger partial charge in [0.15, 0.2) is 5.82 Å². The number of benzene rings is 1. The third kappa shape index (κ3) is 1.93. The molecule has 0 amide bonds. The van der Waals surface area contributed by atoms with Crippen molar-refractivity contribution in [2.45, 2.75) is 0 Å². The maximum Gasteiger partial charge on any atom is 0.343 e. The number of rotatable bonds is 1. The molecular formula is C7H9FN3+. The Bertz CT molecular complexity index is 279. The van der Waals surface area contributed by atoms with E-state index in [4.69, 9.17) is 11.5 Å². The molecule has 0 atom stereocenters.